The highest BCUT2D eigenvalue weighted by molar-refractivity contribution is 6.22. The number of alkyl halides is 3. The van der Waals surface area contributed by atoms with E-state index < -0.39 is 118 Å². The normalized spacial score (nSPS) is 17.9. The van der Waals surface area contributed by atoms with Gasteiger partial charge >= 0.3 is 12.1 Å². The third-order valence-corrected chi connectivity index (χ3v) is 26.2. The third kappa shape index (κ3) is 17.5. The molecule has 4 N–H and O–H groups in total. The molecule has 139 heavy (non-hydrogen) atoms. The summed E-state index contributed by atoms with van der Waals surface area (Å²) < 4.78 is 107. The van der Waals surface area contributed by atoms with E-state index in [0.717, 1.165) is 47.6 Å². The summed E-state index contributed by atoms with van der Waals surface area (Å²) >= 11 is 0. The van der Waals surface area contributed by atoms with Gasteiger partial charge in [0, 0.05) is 91.2 Å². The molecule has 702 valence electrons. The Hall–Kier alpha value is -16.6. The van der Waals surface area contributed by atoms with Gasteiger partial charge in [-0.05, 0) is 134 Å². The second-order valence-corrected chi connectivity index (χ2v) is 35.5. The van der Waals surface area contributed by atoms with Crippen LogP contribution in [0.2, 0.25) is 0 Å². The van der Waals surface area contributed by atoms with Crippen LogP contribution in [0.5, 0.6) is 0 Å². The number of amides is 10. The van der Waals surface area contributed by atoms with Crippen LogP contribution >= 0.6 is 0 Å². The number of fused-ring (bicyclic) bond motifs is 8. The number of ketones is 1. The number of rotatable bonds is 16. The molecule has 3 aliphatic carbocycles. The van der Waals surface area contributed by atoms with Crippen LogP contribution in [0.25, 0.3) is 43.1 Å². The minimum absolute atomic E-state index is 0.00222. The number of halogens is 7. The summed E-state index contributed by atoms with van der Waals surface area (Å²) in [4.78, 5) is 203. The van der Waals surface area contributed by atoms with E-state index in [0.29, 0.717) is 124 Å². The maximum Gasteiger partial charge on any atom is 0.468 e. The second-order valence-electron chi connectivity index (χ2n) is 35.5. The van der Waals surface area contributed by atoms with Crippen LogP contribution in [-0.4, -0.2) is 171 Å². The molecule has 10 amide bonds. The molecule has 0 bridgehead atoms. The third-order valence-electron chi connectivity index (χ3n) is 26.2. The molecule has 40 heteroatoms. The number of hydrogen-bond donors (Lipinski definition) is 4. The van der Waals surface area contributed by atoms with Gasteiger partial charge in [0.15, 0.2) is 0 Å². The van der Waals surface area contributed by atoms with Crippen molar-refractivity contribution in [2.75, 3.05) is 26.2 Å². The van der Waals surface area contributed by atoms with Crippen molar-refractivity contribution in [2.24, 2.45) is 41.4 Å². The highest BCUT2D eigenvalue weighted by atomic mass is 19.4. The lowest BCUT2D eigenvalue weighted by Gasteiger charge is -2.20. The van der Waals surface area contributed by atoms with E-state index in [-0.39, 0.29) is 157 Å². The number of nitrogens with zero attached hydrogens (tertiary/aromatic N) is 12. The molecule has 4 saturated heterocycles. The van der Waals surface area contributed by atoms with Crippen LogP contribution in [0.1, 0.15) is 164 Å². The van der Waals surface area contributed by atoms with Gasteiger partial charge in [0.2, 0.25) is 41.2 Å². The fraction of sp³-hybridized carbons (Fsp3) is 0.263. The smallest absolute Gasteiger partial charge is 0.437 e. The lowest BCUT2D eigenvalue weighted by Crippen LogP contribution is -2.42. The largest absolute Gasteiger partial charge is 0.468 e. The van der Waals surface area contributed by atoms with Gasteiger partial charge in [0.05, 0.1) is 116 Å². The van der Waals surface area contributed by atoms with Crippen molar-refractivity contribution in [3.8, 4) is 0 Å². The zero-order valence-corrected chi connectivity index (χ0v) is 72.9. The number of Topliss-reactive ketones (excluding diaryl/α,β-unsaturated/α-hetero) is 1. The van der Waals surface area contributed by atoms with E-state index >= 15 is 0 Å². The number of H-pyrrole nitrogens is 4. The Kier molecular flexibility index (Phi) is 23.3. The van der Waals surface area contributed by atoms with Crippen LogP contribution in [0.4, 0.5) is 30.7 Å². The van der Waals surface area contributed by atoms with E-state index in [2.05, 4.69) is 50.8 Å². The monoisotopic (exact) mass is 1890 g/mol. The molecular weight excluding hydrogens is 1820 g/mol. The number of oxazole rings is 2. The Morgan fingerprint density at radius 2 is 0.640 bits per heavy atom. The molecule has 4 unspecified atom stereocenters. The molecule has 7 fully saturated rings. The number of aromatic nitrogens is 10. The van der Waals surface area contributed by atoms with E-state index in [9.17, 15) is 103 Å². The Morgan fingerprint density at radius 1 is 0.338 bits per heavy atom. The molecule has 0 radical (unpaired) electrons. The number of hydrogen-bond acceptors (Lipinski definition) is 23. The number of nitrogens with one attached hydrogen (secondary N) is 4. The zero-order valence-electron chi connectivity index (χ0n) is 72.9. The van der Waals surface area contributed by atoms with E-state index in [1.807, 2.05) is 12.1 Å². The quantitative estimate of drug-likeness (QED) is 0.0396. The molecule has 23 rings (SSSR count). The molecular formula is C99H75F7N16O17. The number of carbonyl (C=O) groups is 11. The van der Waals surface area contributed by atoms with Crippen molar-refractivity contribution in [3.63, 3.8) is 0 Å². The van der Waals surface area contributed by atoms with Crippen LogP contribution in [0.15, 0.2) is 198 Å². The van der Waals surface area contributed by atoms with Crippen molar-refractivity contribution in [1.29, 1.82) is 0 Å². The highest BCUT2D eigenvalue weighted by Gasteiger charge is 2.59. The van der Waals surface area contributed by atoms with Gasteiger partial charge in [-0.1, -0.05) is 97.1 Å². The summed E-state index contributed by atoms with van der Waals surface area (Å²) in [5.74, 6) is -13.2. The van der Waals surface area contributed by atoms with Gasteiger partial charge in [0.1, 0.15) is 46.2 Å². The zero-order chi connectivity index (χ0) is 97.0. The standard InChI is InChI=1S/2C26H21FN4O5.C25H19FN4O4.C22H14F4N4O3/c27-20-8-5-13(10-21-15-3-1-2-4-16(15)22(32)29-28-21)9-17(20)24(34)30-11-18-19(12-30)26(36)31(25(18)35)23(33)14-6-7-14;27-20-8-5-13(10-21-15-3-1-2-4-16(15)22(32)29-28-21)9-17(20)24(34)31-25(35)18-11-30(12-19(18)26(31)36)23(33)14-6-7-14;26-18-8-5-13(10-19-15-3-1-2-4-16(15)23(32)29-28-19)9-17(18)25(33)30-11-20-21(12-30)34-24(27-20)22(31)14-6-7-14;23-15-6-5-11(8-16-12-3-1-2-4-13(12)19(31)29-28-16)7-14(15)20(32)30-9-17-18(10-30)33-21(27-17)22(24,25)26/h2*1-5,8-9,14,18-19H,6-7,10-12H2,(H,29,32);1-5,8-9,14H,6-7,10-12H2,(H,29,32);1-7H,8-10H2,(H,29,31). The molecule has 0 spiro atoms. The first-order valence-electron chi connectivity index (χ1n) is 44.4. The number of likely N-dealkylation sites (tertiary alicyclic amines) is 4. The molecule has 12 heterocycles. The predicted molar refractivity (Wildman–Crippen MR) is 473 cm³/mol. The first kappa shape index (κ1) is 90.2. The summed E-state index contributed by atoms with van der Waals surface area (Å²) in [7, 11) is 0. The Balaban J connectivity index is 0.000000114. The first-order valence-corrected chi connectivity index (χ1v) is 44.4. The van der Waals surface area contributed by atoms with E-state index in [1.165, 1.54) is 63.2 Å². The van der Waals surface area contributed by atoms with Gasteiger partial charge in [-0.15, -0.1) is 0 Å². The van der Waals surface area contributed by atoms with Gasteiger partial charge < -0.3 is 28.4 Å². The number of benzene rings is 8. The van der Waals surface area contributed by atoms with E-state index in [4.69, 9.17) is 8.83 Å². The molecule has 3 saturated carbocycles. The fourth-order valence-corrected chi connectivity index (χ4v) is 18.5. The average molecular weight is 1890 g/mol. The van der Waals surface area contributed by atoms with Crippen LogP contribution in [0.3, 0.4) is 0 Å². The van der Waals surface area contributed by atoms with Crippen molar-refractivity contribution in [2.45, 2.75) is 96.6 Å². The summed E-state index contributed by atoms with van der Waals surface area (Å²) in [6.07, 6.45) is 0.940. The maximum atomic E-state index is 14.7. The number of imide groups is 6. The first-order chi connectivity index (χ1) is 66.8. The van der Waals surface area contributed by atoms with Crippen molar-refractivity contribution >= 4 is 108 Å². The molecule has 14 aromatic rings. The minimum Gasteiger partial charge on any atom is -0.437 e. The van der Waals surface area contributed by atoms with Gasteiger partial charge in [-0.3, -0.25) is 71.9 Å². The maximum absolute atomic E-state index is 14.7. The molecule has 4 atom stereocenters. The molecule has 6 aromatic heterocycles. The van der Waals surface area contributed by atoms with Crippen molar-refractivity contribution in [1.82, 2.24) is 80.2 Å². The van der Waals surface area contributed by atoms with Gasteiger partial charge in [-0.2, -0.15) is 33.6 Å². The lowest BCUT2D eigenvalue weighted by atomic mass is 10.00. The van der Waals surface area contributed by atoms with E-state index in [1.54, 1.807) is 97.1 Å². The molecule has 6 aliphatic heterocycles. The fourth-order valence-electron chi connectivity index (χ4n) is 18.5. The minimum atomic E-state index is -4.72. The molecule has 9 aliphatic rings. The molecule has 33 nitrogen and oxygen atoms in total. The van der Waals surface area contributed by atoms with Crippen LogP contribution in [-0.2, 0) is 86.8 Å². The lowest BCUT2D eigenvalue weighted by molar-refractivity contribution is -0.158. The molecule has 8 aromatic carbocycles. The summed E-state index contributed by atoms with van der Waals surface area (Å²) in [6.45, 7) is -0.0584. The highest BCUT2D eigenvalue weighted by Crippen LogP contribution is 2.43. The van der Waals surface area contributed by atoms with Crippen molar-refractivity contribution in [3.05, 3.63) is 337 Å². The topological polar surface area (TPSA) is 442 Å². The Morgan fingerprint density at radius 3 is 0.971 bits per heavy atom. The van der Waals surface area contributed by atoms with Crippen LogP contribution < -0.4 is 22.2 Å². The summed E-state index contributed by atoms with van der Waals surface area (Å²) in [5.41, 5.74) is 3.04. The number of carbonyl (C=O) groups excluding carboxylic acids is 11. The Bertz CT molecular complexity index is 7780. The van der Waals surface area contributed by atoms with Crippen molar-refractivity contribution < 1.29 is 92.3 Å². The van der Waals surface area contributed by atoms with Crippen LogP contribution in [0, 0.1) is 64.7 Å². The Labute approximate surface area is 777 Å². The SMILES string of the molecule is O=C(C1CC1)N1CC2C(=O)N(C(=O)c3cc(Cc4n[nH]c(=O)c5ccccc45)ccc3F)C(=O)C2C1.O=C(c1cc(Cc2n[nH]c(=O)c3ccccc23)ccc1F)N1CC2C(=O)N(C(=O)C3CC3)C(=O)C2C1.O=C(c1cc(Cc2n[nH]c(=O)c3ccccc23)ccc1F)N1Cc2nc(C(F)(F)F)oc2C1.O=C(c1nc2c(o1)CN(C(=O)c1cc(Cc3n[nH]c(=O)c4ccccc34)ccc1F)C2)C1CC1. The average Bonchev–Trinajstić information content (AvgIpc) is 1.60. The second kappa shape index (κ2) is 35.9. The summed E-state index contributed by atoms with van der Waals surface area (Å²) in [5, 5.41) is 30.8. The predicted octanol–water partition coefficient (Wildman–Crippen LogP) is 10.5. The summed E-state index contributed by atoms with van der Waals surface area (Å²) in [6, 6.07) is 44.4. The van der Waals surface area contributed by atoms with Gasteiger partial charge in [-0.25, -0.2) is 57.7 Å². The van der Waals surface area contributed by atoms with Gasteiger partial charge in [0.25, 0.3) is 51.8 Å². The number of aromatic amines is 4.